The molecule has 0 aliphatic heterocycles. The lowest BCUT2D eigenvalue weighted by molar-refractivity contribution is 0.271. The molecule has 172 valence electrons. The number of nitrogens with one attached hydrogen (secondary N) is 2. The Bertz CT molecular complexity index is 1100. The highest BCUT2D eigenvalue weighted by molar-refractivity contribution is 5.84. The number of nitrogens with zero attached hydrogens (tertiary/aromatic N) is 4. The van der Waals surface area contributed by atoms with Crippen LogP contribution in [0.5, 0.6) is 0 Å². The summed E-state index contributed by atoms with van der Waals surface area (Å²) < 4.78 is 2.05. The Morgan fingerprint density at radius 1 is 0.939 bits per heavy atom. The Balaban J connectivity index is 1.68. The lowest BCUT2D eigenvalue weighted by atomic mass is 9.91. The third-order valence-corrected chi connectivity index (χ3v) is 5.85. The van der Waals surface area contributed by atoms with Crippen LogP contribution in [0.1, 0.15) is 43.7 Å². The van der Waals surface area contributed by atoms with Gasteiger partial charge in [0.15, 0.2) is 17.0 Å². The number of benzene rings is 2. The van der Waals surface area contributed by atoms with E-state index < -0.39 is 0 Å². The van der Waals surface area contributed by atoms with Crippen molar-refractivity contribution in [1.29, 1.82) is 0 Å². The highest BCUT2D eigenvalue weighted by Gasteiger charge is 2.18. The molecule has 2 aromatic carbocycles. The molecule has 0 radical (unpaired) electrons. The van der Waals surface area contributed by atoms with E-state index in [0.29, 0.717) is 18.3 Å². The number of hydrogen-bond donors (Lipinski definition) is 3. The number of aromatic nitrogens is 4. The van der Waals surface area contributed by atoms with Gasteiger partial charge in [0.25, 0.3) is 0 Å². The van der Waals surface area contributed by atoms with Gasteiger partial charge in [0, 0.05) is 19.0 Å². The molecular formula is C26H32N6O. The average molecular weight is 445 g/mol. The van der Waals surface area contributed by atoms with Crippen LogP contribution in [0, 0.1) is 0 Å². The first-order chi connectivity index (χ1) is 16.2. The topological polar surface area (TPSA) is 87.9 Å². The Labute approximate surface area is 194 Å². The first kappa shape index (κ1) is 22.7. The van der Waals surface area contributed by atoms with Gasteiger partial charge in [-0.15, -0.1) is 0 Å². The van der Waals surface area contributed by atoms with Crippen LogP contribution in [0.3, 0.4) is 0 Å². The van der Waals surface area contributed by atoms with Crippen molar-refractivity contribution in [2.75, 3.05) is 23.8 Å². The highest BCUT2D eigenvalue weighted by Crippen LogP contribution is 2.27. The molecule has 0 saturated heterocycles. The second-order valence-electron chi connectivity index (χ2n) is 8.19. The maximum absolute atomic E-state index is 9.65. The summed E-state index contributed by atoms with van der Waals surface area (Å²) >= 11 is 0. The van der Waals surface area contributed by atoms with Crippen molar-refractivity contribution in [2.24, 2.45) is 0 Å². The van der Waals surface area contributed by atoms with E-state index in [1.807, 2.05) is 25.4 Å². The summed E-state index contributed by atoms with van der Waals surface area (Å²) in [6.07, 6.45) is 3.59. The molecule has 0 bridgehead atoms. The zero-order valence-corrected chi connectivity index (χ0v) is 19.3. The van der Waals surface area contributed by atoms with Crippen molar-refractivity contribution >= 4 is 22.9 Å². The van der Waals surface area contributed by atoms with Crippen molar-refractivity contribution in [3.8, 4) is 0 Å². The van der Waals surface area contributed by atoms with Gasteiger partial charge in [-0.05, 0) is 24.0 Å². The molecule has 1 unspecified atom stereocenters. The summed E-state index contributed by atoms with van der Waals surface area (Å²) in [4.78, 5) is 14.1. The lowest BCUT2D eigenvalue weighted by Gasteiger charge is -2.20. The fourth-order valence-electron chi connectivity index (χ4n) is 3.99. The SMILES string of the molecule is CCCn1cnc2c(NCC(c3ccccc3)c3ccccc3)nc(NC(CC)CO)nc21. The zero-order chi connectivity index (χ0) is 23.0. The maximum Gasteiger partial charge on any atom is 0.227 e. The molecule has 7 heteroatoms. The molecule has 0 spiro atoms. The number of imidazole rings is 1. The normalized spacial score (nSPS) is 12.2. The average Bonchev–Trinajstić information content (AvgIpc) is 3.27. The van der Waals surface area contributed by atoms with E-state index in [9.17, 15) is 5.11 Å². The largest absolute Gasteiger partial charge is 0.394 e. The Morgan fingerprint density at radius 3 is 2.18 bits per heavy atom. The van der Waals surface area contributed by atoms with E-state index >= 15 is 0 Å². The third-order valence-electron chi connectivity index (χ3n) is 5.85. The summed E-state index contributed by atoms with van der Waals surface area (Å²) in [5.41, 5.74) is 4.02. The van der Waals surface area contributed by atoms with Crippen molar-refractivity contribution in [3.05, 3.63) is 78.1 Å². The van der Waals surface area contributed by atoms with Gasteiger partial charge in [-0.25, -0.2) is 4.98 Å². The van der Waals surface area contributed by atoms with Gasteiger partial charge in [0.1, 0.15) is 0 Å². The van der Waals surface area contributed by atoms with E-state index in [0.717, 1.165) is 30.6 Å². The van der Waals surface area contributed by atoms with Crippen molar-refractivity contribution < 1.29 is 5.11 Å². The van der Waals surface area contributed by atoms with Crippen LogP contribution < -0.4 is 10.6 Å². The molecule has 0 aliphatic carbocycles. The lowest BCUT2D eigenvalue weighted by Crippen LogP contribution is -2.24. The molecule has 4 aromatic rings. The van der Waals surface area contributed by atoms with Gasteiger partial charge in [0.05, 0.1) is 19.0 Å². The number of aliphatic hydroxyl groups excluding tert-OH is 1. The Morgan fingerprint density at radius 2 is 1.61 bits per heavy atom. The van der Waals surface area contributed by atoms with Crippen LogP contribution in [0.2, 0.25) is 0 Å². The molecule has 2 heterocycles. The number of aryl methyl sites for hydroxylation is 1. The highest BCUT2D eigenvalue weighted by atomic mass is 16.3. The van der Waals surface area contributed by atoms with Crippen LogP contribution in [0.4, 0.5) is 11.8 Å². The number of aliphatic hydroxyl groups is 1. The predicted molar refractivity (Wildman–Crippen MR) is 134 cm³/mol. The van der Waals surface area contributed by atoms with E-state index in [1.54, 1.807) is 0 Å². The molecule has 0 aliphatic rings. The van der Waals surface area contributed by atoms with Gasteiger partial charge in [-0.3, -0.25) is 0 Å². The molecule has 3 N–H and O–H groups in total. The monoisotopic (exact) mass is 444 g/mol. The second kappa shape index (κ2) is 10.9. The van der Waals surface area contributed by atoms with Crippen LogP contribution in [-0.4, -0.2) is 43.8 Å². The number of anilines is 2. The van der Waals surface area contributed by atoms with Crippen LogP contribution in [-0.2, 0) is 6.54 Å². The first-order valence-electron chi connectivity index (χ1n) is 11.7. The smallest absolute Gasteiger partial charge is 0.227 e. The van der Waals surface area contributed by atoms with E-state index in [1.165, 1.54) is 11.1 Å². The minimum atomic E-state index is -0.0979. The van der Waals surface area contributed by atoms with Crippen LogP contribution in [0.15, 0.2) is 67.0 Å². The Hall–Kier alpha value is -3.45. The molecule has 1 atom stereocenters. The van der Waals surface area contributed by atoms with Gasteiger partial charge >= 0.3 is 0 Å². The van der Waals surface area contributed by atoms with Gasteiger partial charge in [0.2, 0.25) is 5.95 Å². The minimum Gasteiger partial charge on any atom is -0.394 e. The molecular weight excluding hydrogens is 412 g/mol. The number of rotatable bonds is 11. The molecule has 2 aromatic heterocycles. The van der Waals surface area contributed by atoms with Gasteiger partial charge in [-0.2, -0.15) is 9.97 Å². The van der Waals surface area contributed by atoms with Crippen molar-refractivity contribution in [1.82, 2.24) is 19.5 Å². The summed E-state index contributed by atoms with van der Waals surface area (Å²) in [5.74, 6) is 1.36. The molecule has 4 rings (SSSR count). The number of hydrogen-bond acceptors (Lipinski definition) is 6. The molecule has 33 heavy (non-hydrogen) atoms. The maximum atomic E-state index is 9.65. The van der Waals surface area contributed by atoms with Crippen molar-refractivity contribution in [3.63, 3.8) is 0 Å². The summed E-state index contributed by atoms with van der Waals surface area (Å²) in [6, 6.07) is 20.9. The number of fused-ring (bicyclic) bond motifs is 1. The van der Waals surface area contributed by atoms with Crippen LogP contribution in [0.25, 0.3) is 11.2 Å². The van der Waals surface area contributed by atoms with E-state index in [-0.39, 0.29) is 18.6 Å². The van der Waals surface area contributed by atoms with Crippen LogP contribution >= 0.6 is 0 Å². The summed E-state index contributed by atoms with van der Waals surface area (Å²) in [7, 11) is 0. The van der Waals surface area contributed by atoms with E-state index in [2.05, 4.69) is 75.6 Å². The second-order valence-corrected chi connectivity index (χ2v) is 8.19. The molecule has 0 amide bonds. The standard InChI is InChI=1S/C26H32N6O/c1-3-15-32-18-28-23-24(30-26(31-25(23)32)29-21(4-2)17-33)27-16-22(19-11-7-5-8-12-19)20-13-9-6-10-14-20/h5-14,18,21-22,33H,3-4,15-17H2,1-2H3,(H2,27,29,30,31). The quantitative estimate of drug-likeness (QED) is 0.312. The molecule has 0 saturated carbocycles. The fourth-order valence-corrected chi connectivity index (χ4v) is 3.99. The van der Waals surface area contributed by atoms with Crippen molar-refractivity contribution in [2.45, 2.75) is 45.2 Å². The fraction of sp³-hybridized carbons (Fsp3) is 0.346. The molecule has 7 nitrogen and oxygen atoms in total. The third kappa shape index (κ3) is 5.31. The molecule has 0 fully saturated rings. The minimum absolute atomic E-state index is 0.0268. The zero-order valence-electron chi connectivity index (χ0n) is 19.3. The first-order valence-corrected chi connectivity index (χ1v) is 11.7. The summed E-state index contributed by atoms with van der Waals surface area (Å²) in [6.45, 7) is 5.68. The van der Waals surface area contributed by atoms with Gasteiger partial charge in [-0.1, -0.05) is 74.5 Å². The van der Waals surface area contributed by atoms with Gasteiger partial charge < -0.3 is 20.3 Å². The Kier molecular flexibility index (Phi) is 7.52. The summed E-state index contributed by atoms with van der Waals surface area (Å²) in [5, 5.41) is 16.5. The van der Waals surface area contributed by atoms with E-state index in [4.69, 9.17) is 9.97 Å². The predicted octanol–water partition coefficient (Wildman–Crippen LogP) is 4.66.